The molecule has 2 aromatic rings. The Labute approximate surface area is 161 Å². The fraction of sp³-hybridized carbons (Fsp3) is 0.474. The molecule has 0 aromatic carbocycles. The second-order valence-corrected chi connectivity index (χ2v) is 7.28. The first kappa shape index (κ1) is 18.5. The number of aryl methyl sites for hydroxylation is 1. The van der Waals surface area contributed by atoms with Gasteiger partial charge in [-0.1, -0.05) is 0 Å². The number of carbonyl (C=O) groups is 1. The van der Waals surface area contributed by atoms with Gasteiger partial charge < -0.3 is 14.5 Å². The molecule has 0 bridgehead atoms. The monoisotopic (exact) mass is 389 g/mol. The third-order valence-corrected chi connectivity index (χ3v) is 5.47. The number of ether oxygens (including phenoxy) is 1. The Morgan fingerprint density at radius 3 is 2.57 bits per heavy atom. The molecule has 0 spiro atoms. The lowest BCUT2D eigenvalue weighted by atomic mass is 9.95. The highest BCUT2D eigenvalue weighted by Crippen LogP contribution is 2.35. The summed E-state index contributed by atoms with van der Waals surface area (Å²) in [6, 6.07) is 0. The van der Waals surface area contributed by atoms with Crippen LogP contribution in [0.15, 0.2) is 18.7 Å². The second-order valence-electron chi connectivity index (χ2n) is 7.28. The Morgan fingerprint density at radius 2 is 1.89 bits per heavy atom. The lowest BCUT2D eigenvalue weighted by Crippen LogP contribution is -2.48. The summed E-state index contributed by atoms with van der Waals surface area (Å²) in [7, 11) is 0. The molecular weight excluding hydrogens is 368 g/mol. The van der Waals surface area contributed by atoms with Gasteiger partial charge in [-0.2, -0.15) is 8.78 Å². The molecule has 0 saturated carbocycles. The van der Waals surface area contributed by atoms with Crippen molar-refractivity contribution in [3.63, 3.8) is 0 Å². The van der Waals surface area contributed by atoms with Crippen molar-refractivity contribution in [3.8, 4) is 5.88 Å². The van der Waals surface area contributed by atoms with E-state index in [1.807, 2.05) is 6.92 Å². The first-order valence-corrected chi connectivity index (χ1v) is 9.14. The van der Waals surface area contributed by atoms with Crippen molar-refractivity contribution in [1.29, 1.82) is 0 Å². The highest BCUT2D eigenvalue weighted by Gasteiger charge is 2.34. The van der Waals surface area contributed by atoms with Crippen molar-refractivity contribution in [2.45, 2.75) is 40.0 Å². The van der Waals surface area contributed by atoms with E-state index in [2.05, 4.69) is 24.6 Å². The summed E-state index contributed by atoms with van der Waals surface area (Å²) in [5, 5.41) is 0. The minimum Gasteiger partial charge on any atom is -0.417 e. The van der Waals surface area contributed by atoms with E-state index in [9.17, 15) is 13.6 Å². The van der Waals surface area contributed by atoms with E-state index < -0.39 is 6.61 Å². The summed E-state index contributed by atoms with van der Waals surface area (Å²) in [6.07, 6.45) is 5.42. The third-order valence-electron chi connectivity index (χ3n) is 5.47. The molecule has 1 saturated heterocycles. The zero-order valence-electron chi connectivity index (χ0n) is 15.7. The van der Waals surface area contributed by atoms with Crippen LogP contribution in [0.5, 0.6) is 5.88 Å². The number of aromatic nitrogens is 3. The maximum absolute atomic E-state index is 12.8. The minimum absolute atomic E-state index is 0.0187. The van der Waals surface area contributed by atoms with Crippen LogP contribution in [-0.2, 0) is 17.9 Å². The number of amides is 1. The first-order chi connectivity index (χ1) is 13.4. The minimum atomic E-state index is -2.94. The fourth-order valence-electron chi connectivity index (χ4n) is 3.79. The predicted molar refractivity (Wildman–Crippen MR) is 96.9 cm³/mol. The molecule has 0 radical (unpaired) electrons. The van der Waals surface area contributed by atoms with Crippen LogP contribution in [-0.4, -0.2) is 45.5 Å². The van der Waals surface area contributed by atoms with Crippen LogP contribution in [0.2, 0.25) is 0 Å². The summed E-state index contributed by atoms with van der Waals surface area (Å²) in [5.41, 5.74) is 3.97. The Balaban J connectivity index is 1.39. The predicted octanol–water partition coefficient (Wildman–Crippen LogP) is 2.46. The number of nitrogens with zero attached hydrogens (tertiary/aromatic N) is 5. The highest BCUT2D eigenvalue weighted by molar-refractivity contribution is 5.78. The average Bonchev–Trinajstić information content (AvgIpc) is 3.08. The number of anilines is 1. The molecule has 4 rings (SSSR count). The summed E-state index contributed by atoms with van der Waals surface area (Å²) < 4.78 is 30.0. The number of pyridine rings is 1. The number of fused-ring (bicyclic) bond motifs is 1. The molecule has 4 heterocycles. The molecule has 2 aliphatic rings. The van der Waals surface area contributed by atoms with Crippen LogP contribution < -0.4 is 9.64 Å². The Bertz CT molecular complexity index is 888. The van der Waals surface area contributed by atoms with Crippen molar-refractivity contribution in [2.24, 2.45) is 5.92 Å². The van der Waals surface area contributed by atoms with Gasteiger partial charge in [0.2, 0.25) is 11.8 Å². The van der Waals surface area contributed by atoms with Gasteiger partial charge in [0.15, 0.2) is 0 Å². The SMILES string of the molecule is Cc1nc(OC(F)F)c2c(c1C)CN(C(=O)CC1CN(c3cncnc3)C1)C2. The number of hydrogen-bond acceptors (Lipinski definition) is 6. The van der Waals surface area contributed by atoms with Crippen LogP contribution >= 0.6 is 0 Å². The molecule has 0 aliphatic carbocycles. The van der Waals surface area contributed by atoms with Gasteiger partial charge in [0, 0.05) is 43.2 Å². The lowest BCUT2D eigenvalue weighted by molar-refractivity contribution is -0.133. The number of carbonyl (C=O) groups excluding carboxylic acids is 1. The van der Waals surface area contributed by atoms with Crippen LogP contribution in [0.1, 0.15) is 28.8 Å². The zero-order valence-corrected chi connectivity index (χ0v) is 15.7. The van der Waals surface area contributed by atoms with Gasteiger partial charge in [0.05, 0.1) is 24.6 Å². The molecule has 2 aromatic heterocycles. The first-order valence-electron chi connectivity index (χ1n) is 9.14. The third kappa shape index (κ3) is 3.48. The summed E-state index contributed by atoms with van der Waals surface area (Å²) >= 11 is 0. The standard InChI is InChI=1S/C19H21F2N5O2/c1-11-12(2)24-18(28-19(20)21)16-9-26(8-15(11)16)17(27)3-13-6-25(7-13)14-4-22-10-23-5-14/h4-5,10,13,19H,3,6-9H2,1-2H3. The normalized spacial score (nSPS) is 16.3. The topological polar surface area (TPSA) is 71.5 Å². The second kappa shape index (κ2) is 7.29. The Morgan fingerprint density at radius 1 is 1.21 bits per heavy atom. The molecule has 0 N–H and O–H groups in total. The van der Waals surface area contributed by atoms with E-state index >= 15 is 0 Å². The molecule has 1 amide bonds. The van der Waals surface area contributed by atoms with Crippen LogP contribution in [0.3, 0.4) is 0 Å². The van der Waals surface area contributed by atoms with Gasteiger partial charge in [-0.05, 0) is 25.0 Å². The van der Waals surface area contributed by atoms with E-state index in [1.54, 1.807) is 24.2 Å². The molecule has 1 fully saturated rings. The molecule has 9 heteroatoms. The van der Waals surface area contributed by atoms with Gasteiger partial charge in [0.1, 0.15) is 6.33 Å². The number of alkyl halides is 2. The number of rotatable bonds is 5. The van der Waals surface area contributed by atoms with E-state index in [1.165, 1.54) is 6.33 Å². The summed E-state index contributed by atoms with van der Waals surface area (Å²) in [6.45, 7) is 2.94. The van der Waals surface area contributed by atoms with Gasteiger partial charge in [-0.15, -0.1) is 0 Å². The van der Waals surface area contributed by atoms with Crippen molar-refractivity contribution in [2.75, 3.05) is 18.0 Å². The maximum atomic E-state index is 12.8. The van der Waals surface area contributed by atoms with Crippen molar-refractivity contribution in [3.05, 3.63) is 41.1 Å². The maximum Gasteiger partial charge on any atom is 0.388 e. The number of halogens is 2. The largest absolute Gasteiger partial charge is 0.417 e. The molecule has 28 heavy (non-hydrogen) atoms. The molecule has 2 aliphatic heterocycles. The van der Waals surface area contributed by atoms with Crippen molar-refractivity contribution < 1.29 is 18.3 Å². The van der Waals surface area contributed by atoms with E-state index in [0.717, 1.165) is 29.9 Å². The van der Waals surface area contributed by atoms with Crippen LogP contribution in [0.25, 0.3) is 0 Å². The molecule has 0 unspecified atom stereocenters. The van der Waals surface area contributed by atoms with Gasteiger partial charge in [-0.25, -0.2) is 15.0 Å². The molecular formula is C19H21F2N5O2. The summed E-state index contributed by atoms with van der Waals surface area (Å²) in [4.78, 5) is 28.8. The van der Waals surface area contributed by atoms with Crippen molar-refractivity contribution in [1.82, 2.24) is 19.9 Å². The van der Waals surface area contributed by atoms with E-state index in [-0.39, 0.29) is 24.2 Å². The van der Waals surface area contributed by atoms with Crippen LogP contribution in [0, 0.1) is 19.8 Å². The summed E-state index contributed by atoms with van der Waals surface area (Å²) in [5.74, 6) is 0.210. The quantitative estimate of drug-likeness (QED) is 0.782. The number of hydrogen-bond donors (Lipinski definition) is 0. The van der Waals surface area contributed by atoms with E-state index in [0.29, 0.717) is 24.2 Å². The molecule has 7 nitrogen and oxygen atoms in total. The highest BCUT2D eigenvalue weighted by atomic mass is 19.3. The lowest BCUT2D eigenvalue weighted by Gasteiger charge is -2.40. The average molecular weight is 389 g/mol. The van der Waals surface area contributed by atoms with Gasteiger partial charge >= 0.3 is 6.61 Å². The smallest absolute Gasteiger partial charge is 0.388 e. The van der Waals surface area contributed by atoms with Gasteiger partial charge in [0.25, 0.3) is 0 Å². The molecule has 148 valence electrons. The Kier molecular flexibility index (Phi) is 4.82. The molecule has 0 atom stereocenters. The van der Waals surface area contributed by atoms with E-state index in [4.69, 9.17) is 0 Å². The Hall–Kier alpha value is -2.84. The fourth-order valence-corrected chi connectivity index (χ4v) is 3.79. The van der Waals surface area contributed by atoms with Gasteiger partial charge in [-0.3, -0.25) is 4.79 Å². The van der Waals surface area contributed by atoms with Crippen LogP contribution in [0.4, 0.5) is 14.5 Å². The zero-order chi connectivity index (χ0) is 19.8. The van der Waals surface area contributed by atoms with Crippen molar-refractivity contribution >= 4 is 11.6 Å².